The molecule has 0 radical (unpaired) electrons. The van der Waals surface area contributed by atoms with Gasteiger partial charge in [-0.1, -0.05) is 55.9 Å². The van der Waals surface area contributed by atoms with E-state index in [0.717, 1.165) is 35.7 Å². The van der Waals surface area contributed by atoms with Crippen molar-refractivity contribution in [1.82, 2.24) is 24.9 Å². The van der Waals surface area contributed by atoms with Crippen molar-refractivity contribution in [3.8, 4) is 23.0 Å². The Labute approximate surface area is 262 Å². The van der Waals surface area contributed by atoms with Crippen molar-refractivity contribution < 1.29 is 14.3 Å². The van der Waals surface area contributed by atoms with Crippen molar-refractivity contribution in [2.24, 2.45) is 0 Å². The molecule has 1 aromatic carbocycles. The van der Waals surface area contributed by atoms with Crippen LogP contribution in [0.15, 0.2) is 36.4 Å². The van der Waals surface area contributed by atoms with Gasteiger partial charge in [0.05, 0.1) is 17.4 Å². The van der Waals surface area contributed by atoms with E-state index in [1.165, 1.54) is 75.3 Å². The molecule has 0 N–H and O–H groups in total. The van der Waals surface area contributed by atoms with E-state index in [9.17, 15) is 4.79 Å². The topological polar surface area (TPSA) is 82.4 Å². The largest absolute Gasteiger partial charge is 0.444 e. The normalized spacial score (nSPS) is 19.2. The number of ether oxygens (including phenoxy) is 2. The second-order valence-corrected chi connectivity index (χ2v) is 14.1. The third-order valence-corrected chi connectivity index (χ3v) is 9.62. The Morgan fingerprint density at radius 3 is 2.05 bits per heavy atom. The number of benzene rings is 1. The zero-order chi connectivity index (χ0) is 30.7. The predicted octanol–water partition coefficient (Wildman–Crippen LogP) is 9.11. The summed E-state index contributed by atoms with van der Waals surface area (Å²) in [5.41, 5.74) is 4.92. The minimum Gasteiger partial charge on any atom is -0.444 e. The lowest BCUT2D eigenvalue weighted by Gasteiger charge is -2.33. The lowest BCUT2D eigenvalue weighted by atomic mass is 9.80. The van der Waals surface area contributed by atoms with E-state index < -0.39 is 5.60 Å². The van der Waals surface area contributed by atoms with Gasteiger partial charge in [-0.25, -0.2) is 14.5 Å². The number of nitrogens with zero attached hydrogens (tertiary/aromatic N) is 5. The van der Waals surface area contributed by atoms with Crippen molar-refractivity contribution in [1.29, 1.82) is 0 Å². The highest BCUT2D eigenvalue weighted by atomic mass is 16.6. The molecular weight excluding hydrogens is 550 g/mol. The molecule has 1 saturated heterocycles. The maximum absolute atomic E-state index is 12.6. The van der Waals surface area contributed by atoms with Crippen molar-refractivity contribution in [3.63, 3.8) is 0 Å². The highest BCUT2D eigenvalue weighted by Crippen LogP contribution is 2.40. The van der Waals surface area contributed by atoms with Gasteiger partial charge in [0.25, 0.3) is 0 Å². The first-order chi connectivity index (χ1) is 21.2. The SMILES string of the molecule is Cc1nnn(C2CCN(C(=O)OC(C)(C)C)CC2)c1-c1cccc(Oc2cc(C3CCCCC3)cc(C3CCCCC3)c2)n1. The van der Waals surface area contributed by atoms with Crippen LogP contribution in [-0.2, 0) is 4.74 Å². The fraction of sp³-hybridized carbons (Fsp3) is 0.611. The quantitative estimate of drug-likeness (QED) is 0.281. The first kappa shape index (κ1) is 30.6. The second kappa shape index (κ2) is 13.3. The van der Waals surface area contributed by atoms with Gasteiger partial charge in [0.15, 0.2) is 0 Å². The summed E-state index contributed by atoms with van der Waals surface area (Å²) in [6.45, 7) is 8.92. The standard InChI is InChI=1S/C36H49N5O3/c1-25-34(41(39-38-25)30-18-20-40(21-19-30)35(42)44-36(2,3)4)32-16-11-17-33(37-32)43-31-23-28(26-12-7-5-8-13-26)22-29(24-31)27-14-9-6-10-15-27/h11,16-17,22-24,26-27,30H,5-10,12-15,18-21H2,1-4H3. The van der Waals surface area contributed by atoms with Crippen LogP contribution in [-0.4, -0.2) is 49.7 Å². The zero-order valence-electron chi connectivity index (χ0n) is 27.1. The minimum atomic E-state index is -0.502. The lowest BCUT2D eigenvalue weighted by molar-refractivity contribution is 0.0185. The number of carbonyl (C=O) groups is 1. The van der Waals surface area contributed by atoms with Crippen LogP contribution in [0, 0.1) is 6.92 Å². The predicted molar refractivity (Wildman–Crippen MR) is 172 cm³/mol. The number of piperidine rings is 1. The Hall–Kier alpha value is -3.42. The van der Waals surface area contributed by atoms with Crippen LogP contribution in [0.1, 0.15) is 133 Å². The maximum atomic E-state index is 12.6. The molecule has 0 bridgehead atoms. The molecule has 2 aliphatic carbocycles. The summed E-state index contributed by atoms with van der Waals surface area (Å²) in [6.07, 6.45) is 14.4. The lowest BCUT2D eigenvalue weighted by Crippen LogP contribution is -2.42. The molecule has 2 saturated carbocycles. The smallest absolute Gasteiger partial charge is 0.410 e. The Kier molecular flexibility index (Phi) is 9.24. The van der Waals surface area contributed by atoms with Gasteiger partial charge < -0.3 is 14.4 Å². The van der Waals surface area contributed by atoms with Crippen LogP contribution in [0.3, 0.4) is 0 Å². The van der Waals surface area contributed by atoms with Crippen LogP contribution < -0.4 is 4.74 Å². The Morgan fingerprint density at radius 2 is 1.45 bits per heavy atom. The van der Waals surface area contributed by atoms with Crippen molar-refractivity contribution in [3.05, 3.63) is 53.2 Å². The molecule has 0 spiro atoms. The molecule has 236 valence electrons. The molecule has 2 aromatic heterocycles. The molecule has 1 aliphatic heterocycles. The number of carbonyl (C=O) groups excluding carboxylic acids is 1. The molecule has 3 aromatic rings. The van der Waals surface area contributed by atoms with Crippen LogP contribution in [0.25, 0.3) is 11.4 Å². The summed E-state index contributed by atoms with van der Waals surface area (Å²) < 4.78 is 14.2. The maximum Gasteiger partial charge on any atom is 0.410 e. The molecule has 3 heterocycles. The third-order valence-electron chi connectivity index (χ3n) is 9.62. The number of pyridine rings is 1. The zero-order valence-corrected chi connectivity index (χ0v) is 27.1. The Balaban J connectivity index is 1.21. The summed E-state index contributed by atoms with van der Waals surface area (Å²) in [7, 11) is 0. The second-order valence-electron chi connectivity index (χ2n) is 14.1. The van der Waals surface area contributed by atoms with Crippen LogP contribution in [0.5, 0.6) is 11.6 Å². The van der Waals surface area contributed by atoms with Gasteiger partial charge in [0.1, 0.15) is 17.0 Å². The van der Waals surface area contributed by atoms with Gasteiger partial charge in [-0.2, -0.15) is 0 Å². The van der Waals surface area contributed by atoms with Crippen molar-refractivity contribution >= 4 is 6.09 Å². The van der Waals surface area contributed by atoms with E-state index in [1.54, 1.807) is 4.90 Å². The fourth-order valence-electron chi connectivity index (χ4n) is 7.32. The molecule has 0 unspecified atom stereocenters. The van der Waals surface area contributed by atoms with Crippen LogP contribution in [0.2, 0.25) is 0 Å². The van der Waals surface area contributed by atoms with Gasteiger partial charge in [-0.3, -0.25) is 0 Å². The van der Waals surface area contributed by atoms with Gasteiger partial charge in [-0.05, 0) is 107 Å². The summed E-state index contributed by atoms with van der Waals surface area (Å²) >= 11 is 0. The first-order valence-electron chi connectivity index (χ1n) is 16.9. The fourth-order valence-corrected chi connectivity index (χ4v) is 7.32. The highest BCUT2D eigenvalue weighted by Gasteiger charge is 2.30. The summed E-state index contributed by atoms with van der Waals surface area (Å²) in [6, 6.07) is 13.1. The van der Waals surface area contributed by atoms with E-state index in [1.807, 2.05) is 50.6 Å². The summed E-state index contributed by atoms with van der Waals surface area (Å²) in [4.78, 5) is 19.4. The molecule has 1 amide bonds. The molecule has 8 nitrogen and oxygen atoms in total. The number of hydrogen-bond acceptors (Lipinski definition) is 6. The number of amides is 1. The van der Waals surface area contributed by atoms with Crippen LogP contribution >= 0.6 is 0 Å². The van der Waals surface area contributed by atoms with Crippen molar-refractivity contribution in [2.75, 3.05) is 13.1 Å². The third kappa shape index (κ3) is 7.27. The van der Waals surface area contributed by atoms with Gasteiger partial charge in [-0.15, -0.1) is 5.10 Å². The monoisotopic (exact) mass is 599 g/mol. The average Bonchev–Trinajstić information content (AvgIpc) is 3.42. The Bertz CT molecular complexity index is 1390. The van der Waals surface area contributed by atoms with Crippen molar-refractivity contribution in [2.45, 2.75) is 128 Å². The molecule has 3 fully saturated rings. The first-order valence-corrected chi connectivity index (χ1v) is 16.9. The molecule has 3 aliphatic rings. The molecule has 6 rings (SSSR count). The van der Waals surface area contributed by atoms with E-state index in [0.29, 0.717) is 30.8 Å². The van der Waals surface area contributed by atoms with E-state index in [2.05, 4.69) is 28.5 Å². The number of likely N-dealkylation sites (tertiary alicyclic amines) is 1. The van der Waals surface area contributed by atoms with Gasteiger partial charge in [0.2, 0.25) is 5.88 Å². The Morgan fingerprint density at radius 1 is 0.841 bits per heavy atom. The summed E-state index contributed by atoms with van der Waals surface area (Å²) in [5, 5.41) is 8.97. The number of hydrogen-bond donors (Lipinski definition) is 0. The molecular formula is C36H49N5O3. The highest BCUT2D eigenvalue weighted by molar-refractivity contribution is 5.68. The molecule has 44 heavy (non-hydrogen) atoms. The molecule has 0 atom stereocenters. The van der Waals surface area contributed by atoms with E-state index in [-0.39, 0.29) is 12.1 Å². The average molecular weight is 600 g/mol. The van der Waals surface area contributed by atoms with Gasteiger partial charge >= 0.3 is 6.09 Å². The van der Waals surface area contributed by atoms with Crippen LogP contribution in [0.4, 0.5) is 4.79 Å². The number of rotatable bonds is 6. The number of aromatic nitrogens is 4. The van der Waals surface area contributed by atoms with E-state index >= 15 is 0 Å². The number of aryl methyl sites for hydroxylation is 1. The summed E-state index contributed by atoms with van der Waals surface area (Å²) in [5.74, 6) is 2.73. The van der Waals surface area contributed by atoms with Gasteiger partial charge in [0, 0.05) is 19.2 Å². The minimum absolute atomic E-state index is 0.126. The molecule has 8 heteroatoms. The van der Waals surface area contributed by atoms with E-state index in [4.69, 9.17) is 14.5 Å².